The van der Waals surface area contributed by atoms with Crippen molar-refractivity contribution in [3.8, 4) is 22.7 Å². The van der Waals surface area contributed by atoms with E-state index in [4.69, 9.17) is 10.3 Å². The molecule has 3 rings (SSSR count). The van der Waals surface area contributed by atoms with E-state index in [2.05, 4.69) is 15.1 Å². The number of rotatable bonds is 6. The zero-order chi connectivity index (χ0) is 19.6. The van der Waals surface area contributed by atoms with Gasteiger partial charge in [-0.25, -0.2) is 18.4 Å². The van der Waals surface area contributed by atoms with Crippen LogP contribution in [0.2, 0.25) is 0 Å². The zero-order valence-electron chi connectivity index (χ0n) is 15.5. The molecular weight excluding hydrogens is 364 g/mol. The molecule has 0 saturated heterocycles. The number of hydrogen-bond donors (Lipinski definition) is 1. The maximum atomic E-state index is 12.6. The quantitative estimate of drug-likeness (QED) is 0.688. The Morgan fingerprint density at radius 2 is 1.93 bits per heavy atom. The van der Waals surface area contributed by atoms with Crippen LogP contribution in [0.3, 0.4) is 0 Å². The normalized spacial score (nSPS) is 12.9. The molecule has 0 radical (unpaired) electrons. The van der Waals surface area contributed by atoms with Crippen molar-refractivity contribution in [2.75, 3.05) is 5.73 Å². The molecule has 2 aromatic heterocycles. The van der Waals surface area contributed by atoms with Crippen molar-refractivity contribution in [3.63, 3.8) is 0 Å². The van der Waals surface area contributed by atoms with Crippen molar-refractivity contribution >= 4 is 15.7 Å². The third-order valence-electron chi connectivity index (χ3n) is 4.37. The Kier molecular flexibility index (Phi) is 5.27. The van der Waals surface area contributed by atoms with Gasteiger partial charge in [-0.05, 0) is 32.4 Å². The van der Waals surface area contributed by atoms with Crippen LogP contribution >= 0.6 is 0 Å². The van der Waals surface area contributed by atoms with Crippen LogP contribution in [0.25, 0.3) is 22.7 Å². The molecule has 0 fully saturated rings. The minimum atomic E-state index is -3.33. The third-order valence-corrected chi connectivity index (χ3v) is 6.59. The van der Waals surface area contributed by atoms with Crippen LogP contribution < -0.4 is 5.73 Å². The molecule has 1 unspecified atom stereocenters. The number of benzene rings is 1. The van der Waals surface area contributed by atoms with Crippen LogP contribution in [0.4, 0.5) is 5.82 Å². The van der Waals surface area contributed by atoms with Gasteiger partial charge in [-0.1, -0.05) is 30.6 Å². The number of sulfone groups is 1. The minimum absolute atomic E-state index is 0.238. The summed E-state index contributed by atoms with van der Waals surface area (Å²) in [6, 6.07) is 8.39. The fourth-order valence-electron chi connectivity index (χ4n) is 2.80. The Balaban J connectivity index is 1.94. The van der Waals surface area contributed by atoms with Crippen LogP contribution in [-0.2, 0) is 9.84 Å². The van der Waals surface area contributed by atoms with Gasteiger partial charge in [0.15, 0.2) is 27.1 Å². The summed E-state index contributed by atoms with van der Waals surface area (Å²) >= 11 is 0. The molecule has 2 heterocycles. The number of hydrogen-bond acceptors (Lipinski definition) is 7. The van der Waals surface area contributed by atoms with Crippen molar-refractivity contribution in [1.82, 2.24) is 15.1 Å². The molecule has 27 heavy (non-hydrogen) atoms. The van der Waals surface area contributed by atoms with Crippen molar-refractivity contribution in [2.24, 2.45) is 0 Å². The standard InChI is InChI=1S/C19H22N4O3S/c1-4-5-13(3)27(24,25)15-8-6-14(7-9-15)16-11-21-19(20)18(22-16)17-10-12(2)23-26-17/h6-11,13H,4-5H2,1-3H3,(H2,20,21). The molecule has 0 aliphatic carbocycles. The lowest BCUT2D eigenvalue weighted by molar-refractivity contribution is 0.426. The summed E-state index contributed by atoms with van der Waals surface area (Å²) in [5, 5.41) is 3.43. The van der Waals surface area contributed by atoms with Gasteiger partial charge in [0.1, 0.15) is 0 Å². The molecule has 2 N–H and O–H groups in total. The first kappa shape index (κ1) is 19.0. The summed E-state index contributed by atoms with van der Waals surface area (Å²) in [5.41, 5.74) is 8.34. The highest BCUT2D eigenvalue weighted by Gasteiger charge is 2.22. The number of nitrogens with zero attached hydrogens (tertiary/aromatic N) is 3. The van der Waals surface area contributed by atoms with Crippen molar-refractivity contribution < 1.29 is 12.9 Å². The third kappa shape index (κ3) is 3.85. The molecule has 8 heteroatoms. The van der Waals surface area contributed by atoms with Crippen LogP contribution in [0.1, 0.15) is 32.4 Å². The molecule has 142 valence electrons. The second-order valence-electron chi connectivity index (χ2n) is 6.49. The molecule has 1 atom stereocenters. The van der Waals surface area contributed by atoms with Crippen molar-refractivity contribution in [3.05, 3.63) is 42.2 Å². The maximum Gasteiger partial charge on any atom is 0.189 e. The molecular formula is C19H22N4O3S. The largest absolute Gasteiger partial charge is 0.382 e. The summed E-state index contributed by atoms with van der Waals surface area (Å²) in [4.78, 5) is 8.99. The number of nitrogen functional groups attached to an aromatic ring is 1. The van der Waals surface area contributed by atoms with Crippen LogP contribution in [-0.4, -0.2) is 28.8 Å². The fourth-order valence-corrected chi connectivity index (χ4v) is 4.33. The van der Waals surface area contributed by atoms with Gasteiger partial charge in [-0.3, -0.25) is 0 Å². The highest BCUT2D eigenvalue weighted by atomic mass is 32.2. The number of nitrogens with two attached hydrogens (primary N) is 1. The maximum absolute atomic E-state index is 12.6. The second-order valence-corrected chi connectivity index (χ2v) is 8.86. The summed E-state index contributed by atoms with van der Waals surface area (Å²) in [6.45, 7) is 5.52. The van der Waals surface area contributed by atoms with Gasteiger partial charge in [0, 0.05) is 11.6 Å². The zero-order valence-corrected chi connectivity index (χ0v) is 16.3. The van der Waals surface area contributed by atoms with Crippen molar-refractivity contribution in [1.29, 1.82) is 0 Å². The SMILES string of the molecule is CCCC(C)S(=O)(=O)c1ccc(-c2cnc(N)c(-c3cc(C)no3)n2)cc1. The molecule has 0 saturated carbocycles. The number of anilines is 1. The summed E-state index contributed by atoms with van der Waals surface area (Å²) in [6.07, 6.45) is 3.00. The molecule has 0 bridgehead atoms. The van der Waals surface area contributed by atoms with Gasteiger partial charge >= 0.3 is 0 Å². The fraction of sp³-hybridized carbons (Fsp3) is 0.316. The van der Waals surface area contributed by atoms with E-state index in [1.165, 1.54) is 0 Å². The Labute approximate surface area is 158 Å². The van der Waals surface area contributed by atoms with E-state index >= 15 is 0 Å². The van der Waals surface area contributed by atoms with Crippen LogP contribution in [0, 0.1) is 6.92 Å². The minimum Gasteiger partial charge on any atom is -0.382 e. The second kappa shape index (κ2) is 7.48. The van der Waals surface area contributed by atoms with Gasteiger partial charge in [0.05, 0.1) is 27.7 Å². The predicted octanol–water partition coefficient (Wildman–Crippen LogP) is 3.65. The lowest BCUT2D eigenvalue weighted by Gasteiger charge is -2.12. The summed E-state index contributed by atoms with van der Waals surface area (Å²) < 4.78 is 30.4. The topological polar surface area (TPSA) is 112 Å². The summed E-state index contributed by atoms with van der Waals surface area (Å²) in [7, 11) is -3.33. The molecule has 3 aromatic rings. The Bertz CT molecular complexity index is 1040. The predicted molar refractivity (Wildman–Crippen MR) is 104 cm³/mol. The van der Waals surface area contributed by atoms with Gasteiger partial charge < -0.3 is 10.3 Å². The average molecular weight is 386 g/mol. The Morgan fingerprint density at radius 3 is 2.52 bits per heavy atom. The van der Waals surface area contributed by atoms with Crippen LogP contribution in [0.5, 0.6) is 0 Å². The number of aromatic nitrogens is 3. The lowest BCUT2D eigenvalue weighted by atomic mass is 10.1. The molecule has 7 nitrogen and oxygen atoms in total. The first-order chi connectivity index (χ1) is 12.8. The molecule has 0 spiro atoms. The van der Waals surface area contributed by atoms with E-state index in [0.717, 1.165) is 12.0 Å². The Morgan fingerprint density at radius 1 is 1.22 bits per heavy atom. The van der Waals surface area contributed by atoms with E-state index in [0.29, 0.717) is 34.2 Å². The number of aryl methyl sites for hydroxylation is 1. The summed E-state index contributed by atoms with van der Waals surface area (Å²) in [5.74, 6) is 0.675. The molecule has 0 aliphatic heterocycles. The van der Waals surface area contributed by atoms with E-state index in [1.807, 2.05) is 6.92 Å². The average Bonchev–Trinajstić information content (AvgIpc) is 3.08. The van der Waals surface area contributed by atoms with Gasteiger partial charge in [-0.2, -0.15) is 0 Å². The molecule has 1 aromatic carbocycles. The monoisotopic (exact) mass is 386 g/mol. The Hall–Kier alpha value is -2.74. The van der Waals surface area contributed by atoms with Gasteiger partial charge in [0.25, 0.3) is 0 Å². The van der Waals surface area contributed by atoms with E-state index in [-0.39, 0.29) is 5.82 Å². The van der Waals surface area contributed by atoms with Gasteiger partial charge in [-0.15, -0.1) is 0 Å². The lowest BCUT2D eigenvalue weighted by Crippen LogP contribution is -2.17. The molecule has 0 aliphatic rings. The van der Waals surface area contributed by atoms with E-state index < -0.39 is 15.1 Å². The highest BCUT2D eigenvalue weighted by Crippen LogP contribution is 2.28. The van der Waals surface area contributed by atoms with Crippen LogP contribution in [0.15, 0.2) is 45.9 Å². The first-order valence-electron chi connectivity index (χ1n) is 8.73. The smallest absolute Gasteiger partial charge is 0.189 e. The van der Waals surface area contributed by atoms with E-state index in [9.17, 15) is 8.42 Å². The molecule has 0 amide bonds. The van der Waals surface area contributed by atoms with Crippen molar-refractivity contribution in [2.45, 2.75) is 43.8 Å². The highest BCUT2D eigenvalue weighted by molar-refractivity contribution is 7.92. The van der Waals surface area contributed by atoms with E-state index in [1.54, 1.807) is 50.4 Å². The van der Waals surface area contributed by atoms with Gasteiger partial charge in [0.2, 0.25) is 0 Å². The first-order valence-corrected chi connectivity index (χ1v) is 10.3.